The van der Waals surface area contributed by atoms with Gasteiger partial charge in [-0.3, -0.25) is 0 Å². The molecule has 2 heterocycles. The van der Waals surface area contributed by atoms with Crippen molar-refractivity contribution in [2.45, 2.75) is 0 Å². The van der Waals surface area contributed by atoms with Crippen molar-refractivity contribution >= 4 is 29.2 Å². The van der Waals surface area contributed by atoms with Gasteiger partial charge in [-0.1, -0.05) is 28.4 Å². The van der Waals surface area contributed by atoms with Crippen LogP contribution in [0.4, 0.5) is 4.39 Å². The van der Waals surface area contributed by atoms with Crippen LogP contribution in [0.2, 0.25) is 10.2 Å². The minimum absolute atomic E-state index is 0.145. The maximum absolute atomic E-state index is 14.0. The number of ether oxygens (including phenoxy) is 1. The van der Waals surface area contributed by atoms with Gasteiger partial charge in [-0.2, -0.15) is 4.98 Å². The normalized spacial score (nSPS) is 10.7. The minimum atomic E-state index is -0.769. The number of benzene rings is 1. The molecule has 0 aliphatic carbocycles. The molecule has 0 bridgehead atoms. The Morgan fingerprint density at radius 2 is 2.04 bits per heavy atom. The monoisotopic (exact) mass is 367 g/mol. The largest absolute Gasteiger partial charge is 0.465 e. The molecule has 0 unspecified atom stereocenters. The topological polar surface area (TPSA) is 78.1 Å². The summed E-state index contributed by atoms with van der Waals surface area (Å²) >= 11 is 11.6. The van der Waals surface area contributed by atoms with Gasteiger partial charge in [0.05, 0.1) is 23.3 Å². The predicted octanol–water partition coefficient (Wildman–Crippen LogP) is 4.03. The van der Waals surface area contributed by atoms with Crippen LogP contribution >= 0.6 is 23.2 Å². The second-order valence-corrected chi connectivity index (χ2v) is 5.37. The summed E-state index contributed by atoms with van der Waals surface area (Å²) in [5.41, 5.74) is 0.622. The molecular weight excluding hydrogens is 360 g/mol. The van der Waals surface area contributed by atoms with Crippen molar-refractivity contribution in [1.29, 1.82) is 0 Å². The first-order chi connectivity index (χ1) is 11.5. The molecule has 0 saturated heterocycles. The Bertz CT molecular complexity index is 930. The number of carbonyl (C=O) groups is 1. The Labute approximate surface area is 145 Å². The molecule has 0 N–H and O–H groups in total. The van der Waals surface area contributed by atoms with Crippen molar-refractivity contribution in [3.8, 4) is 22.8 Å². The van der Waals surface area contributed by atoms with Crippen molar-refractivity contribution in [1.82, 2.24) is 15.1 Å². The fourth-order valence-corrected chi connectivity index (χ4v) is 2.20. The zero-order valence-electron chi connectivity index (χ0n) is 12.1. The van der Waals surface area contributed by atoms with E-state index < -0.39 is 11.8 Å². The number of hydrogen-bond donors (Lipinski definition) is 0. The lowest BCUT2D eigenvalue weighted by Gasteiger charge is -2.02. The molecule has 2 aromatic heterocycles. The van der Waals surface area contributed by atoms with E-state index in [9.17, 15) is 9.18 Å². The molecule has 1 aromatic carbocycles. The molecule has 3 aromatic rings. The first kappa shape index (κ1) is 16.4. The highest BCUT2D eigenvalue weighted by Gasteiger charge is 2.16. The maximum atomic E-state index is 14.0. The molecule has 9 heteroatoms. The molecule has 122 valence electrons. The highest BCUT2D eigenvalue weighted by molar-refractivity contribution is 6.41. The van der Waals surface area contributed by atoms with Gasteiger partial charge in [0.1, 0.15) is 11.0 Å². The number of halogens is 3. The number of pyridine rings is 1. The molecule has 0 radical (unpaired) electrons. The van der Waals surface area contributed by atoms with Crippen LogP contribution in [0.5, 0.6) is 0 Å². The van der Waals surface area contributed by atoms with Gasteiger partial charge < -0.3 is 9.26 Å². The van der Waals surface area contributed by atoms with Crippen molar-refractivity contribution in [2.75, 3.05) is 7.11 Å². The van der Waals surface area contributed by atoms with Crippen molar-refractivity contribution in [3.63, 3.8) is 0 Å². The van der Waals surface area contributed by atoms with Gasteiger partial charge in [-0.25, -0.2) is 14.2 Å². The van der Waals surface area contributed by atoms with Crippen LogP contribution in [0, 0.1) is 5.82 Å². The molecule has 0 atom stereocenters. The first-order valence-corrected chi connectivity index (χ1v) is 7.28. The number of aromatic nitrogens is 3. The van der Waals surface area contributed by atoms with Gasteiger partial charge in [-0.15, -0.1) is 0 Å². The molecule has 0 spiro atoms. The molecule has 0 aliphatic rings. The van der Waals surface area contributed by atoms with E-state index >= 15 is 0 Å². The first-order valence-electron chi connectivity index (χ1n) is 6.53. The summed E-state index contributed by atoms with van der Waals surface area (Å²) in [6.45, 7) is 0. The molecule has 24 heavy (non-hydrogen) atoms. The van der Waals surface area contributed by atoms with Crippen LogP contribution in [-0.2, 0) is 4.74 Å². The maximum Gasteiger partial charge on any atom is 0.340 e. The summed E-state index contributed by atoms with van der Waals surface area (Å²) in [6.07, 6.45) is 1.42. The Morgan fingerprint density at radius 3 is 2.71 bits per heavy atom. The van der Waals surface area contributed by atoms with Crippen LogP contribution in [0.15, 0.2) is 35.0 Å². The fraction of sp³-hybridized carbons (Fsp3) is 0.0667. The smallest absolute Gasteiger partial charge is 0.340 e. The van der Waals surface area contributed by atoms with Crippen LogP contribution in [0.3, 0.4) is 0 Å². The van der Waals surface area contributed by atoms with E-state index in [4.69, 9.17) is 27.7 Å². The lowest BCUT2D eigenvalue weighted by atomic mass is 10.1. The van der Waals surface area contributed by atoms with E-state index in [1.54, 1.807) is 0 Å². The highest BCUT2D eigenvalue weighted by Crippen LogP contribution is 2.27. The average molecular weight is 368 g/mol. The van der Waals surface area contributed by atoms with Gasteiger partial charge in [0.25, 0.3) is 5.89 Å². The Kier molecular flexibility index (Phi) is 4.46. The van der Waals surface area contributed by atoms with Crippen LogP contribution in [0.1, 0.15) is 10.4 Å². The second kappa shape index (κ2) is 6.54. The van der Waals surface area contributed by atoms with Gasteiger partial charge in [0.2, 0.25) is 5.82 Å². The summed E-state index contributed by atoms with van der Waals surface area (Å²) in [5, 5.41) is 4.17. The van der Waals surface area contributed by atoms with Gasteiger partial charge >= 0.3 is 5.97 Å². The Balaban J connectivity index is 1.94. The molecule has 0 amide bonds. The lowest BCUT2D eigenvalue weighted by molar-refractivity contribution is 0.0595. The molecule has 6 nitrogen and oxygen atoms in total. The summed E-state index contributed by atoms with van der Waals surface area (Å²) in [4.78, 5) is 19.4. The molecular formula is C15H8Cl2FN3O3. The van der Waals surface area contributed by atoms with Gasteiger partial charge in [-0.05, 0) is 24.3 Å². The fourth-order valence-electron chi connectivity index (χ4n) is 1.93. The number of methoxy groups -OCH3 is 1. The SMILES string of the molecule is COC(=O)c1ccc(-c2noc(-c3cnc(Cl)c(Cl)c3)n2)cc1F. The summed E-state index contributed by atoms with van der Waals surface area (Å²) in [5.74, 6) is -1.23. The zero-order chi connectivity index (χ0) is 17.3. The minimum Gasteiger partial charge on any atom is -0.465 e. The van der Waals surface area contributed by atoms with Crippen molar-refractivity contribution in [2.24, 2.45) is 0 Å². The number of carbonyl (C=O) groups excluding carboxylic acids is 1. The quantitative estimate of drug-likeness (QED) is 0.513. The third kappa shape index (κ3) is 3.08. The highest BCUT2D eigenvalue weighted by atomic mass is 35.5. The van der Waals surface area contributed by atoms with Crippen LogP contribution in [-0.4, -0.2) is 28.2 Å². The summed E-state index contributed by atoms with van der Waals surface area (Å²) < 4.78 is 23.6. The molecule has 0 fully saturated rings. The van der Waals surface area contributed by atoms with Gasteiger partial charge in [0, 0.05) is 11.8 Å². The zero-order valence-corrected chi connectivity index (χ0v) is 13.6. The Morgan fingerprint density at radius 1 is 1.25 bits per heavy atom. The third-order valence-corrected chi connectivity index (χ3v) is 3.79. The standard InChI is InChI=1S/C15H8Cl2FN3O3/c1-23-15(22)9-3-2-7(5-11(9)18)13-20-14(24-21-13)8-4-10(16)12(17)19-6-8/h2-6H,1H3. The lowest BCUT2D eigenvalue weighted by Crippen LogP contribution is -2.04. The molecule has 0 aliphatic heterocycles. The number of nitrogens with zero attached hydrogens (tertiary/aromatic N) is 3. The second-order valence-electron chi connectivity index (χ2n) is 4.61. The van der Waals surface area contributed by atoms with Crippen LogP contribution < -0.4 is 0 Å². The van der Waals surface area contributed by atoms with Gasteiger partial charge in [0.15, 0.2) is 0 Å². The number of hydrogen-bond acceptors (Lipinski definition) is 6. The van der Waals surface area contributed by atoms with Crippen molar-refractivity contribution < 1.29 is 18.4 Å². The number of rotatable bonds is 3. The van der Waals surface area contributed by atoms with Crippen molar-refractivity contribution in [3.05, 3.63) is 52.0 Å². The van der Waals surface area contributed by atoms with E-state index in [-0.39, 0.29) is 27.5 Å². The number of esters is 1. The van der Waals surface area contributed by atoms with E-state index in [1.165, 1.54) is 31.5 Å². The van der Waals surface area contributed by atoms with E-state index in [0.717, 1.165) is 6.07 Å². The van der Waals surface area contributed by atoms with Crippen LogP contribution in [0.25, 0.3) is 22.8 Å². The summed E-state index contributed by atoms with van der Waals surface area (Å²) in [7, 11) is 1.17. The molecule has 0 saturated carbocycles. The van der Waals surface area contributed by atoms with E-state index in [0.29, 0.717) is 11.1 Å². The average Bonchev–Trinajstić information content (AvgIpc) is 3.06. The van der Waals surface area contributed by atoms with E-state index in [1.807, 2.05) is 0 Å². The third-order valence-electron chi connectivity index (χ3n) is 3.10. The molecule has 3 rings (SSSR count). The predicted molar refractivity (Wildman–Crippen MR) is 84.3 cm³/mol. The van der Waals surface area contributed by atoms with E-state index in [2.05, 4.69) is 19.9 Å². The Hall–Kier alpha value is -2.51. The summed E-state index contributed by atoms with van der Waals surface area (Å²) in [6, 6.07) is 5.41.